The van der Waals surface area contributed by atoms with Crippen LogP contribution in [0.15, 0.2) is 18.2 Å². The van der Waals surface area contributed by atoms with Crippen molar-refractivity contribution in [1.82, 2.24) is 4.90 Å². The van der Waals surface area contributed by atoms with Crippen molar-refractivity contribution in [2.24, 2.45) is 11.8 Å². The van der Waals surface area contributed by atoms with Crippen molar-refractivity contribution >= 4 is 23.2 Å². The predicted molar refractivity (Wildman–Crippen MR) is 74.0 cm³/mol. The van der Waals surface area contributed by atoms with Crippen molar-refractivity contribution in [1.29, 1.82) is 0 Å². The van der Waals surface area contributed by atoms with Crippen LogP contribution < -0.4 is 0 Å². The molecule has 1 aromatic carbocycles. The Kier molecular flexibility index (Phi) is 3.55. The van der Waals surface area contributed by atoms with Crippen LogP contribution in [0.4, 0.5) is 0 Å². The summed E-state index contributed by atoms with van der Waals surface area (Å²) in [7, 11) is 0. The van der Waals surface area contributed by atoms with Crippen LogP contribution in [-0.4, -0.2) is 29.2 Å². The number of nitrogens with zero attached hydrogens (tertiary/aromatic N) is 1. The second-order valence-corrected chi connectivity index (χ2v) is 6.49. The highest BCUT2D eigenvalue weighted by atomic mass is 35.5. The molecule has 1 unspecified atom stereocenters. The monoisotopic (exact) mass is 285 g/mol. The molecule has 0 bridgehead atoms. The molecule has 3 rings (SSSR count). The first kappa shape index (κ1) is 12.7. The maximum atomic E-state index is 9.63. The summed E-state index contributed by atoms with van der Waals surface area (Å²) < 4.78 is 0. The molecule has 3 atom stereocenters. The van der Waals surface area contributed by atoms with Crippen molar-refractivity contribution < 1.29 is 5.11 Å². The third kappa shape index (κ3) is 2.67. The van der Waals surface area contributed by atoms with Gasteiger partial charge < -0.3 is 5.11 Å². The number of hydrogen-bond acceptors (Lipinski definition) is 2. The lowest BCUT2D eigenvalue weighted by molar-refractivity contribution is 0.161. The number of likely N-dealkylation sites (tertiary alicyclic amines) is 1. The standard InChI is InChI=1S/C14H17Cl2NO/c15-12-1-9(2-13(16)5-12)6-17-7-10-3-14(18)4-11(10)8-17/h1-2,5,10-11,14,18H,3-4,6-8H2/t10-,11+,14?. The molecular weight excluding hydrogens is 269 g/mol. The summed E-state index contributed by atoms with van der Waals surface area (Å²) in [5.74, 6) is 1.35. The van der Waals surface area contributed by atoms with Gasteiger partial charge in [-0.25, -0.2) is 0 Å². The second kappa shape index (κ2) is 5.01. The van der Waals surface area contributed by atoms with Crippen molar-refractivity contribution in [2.45, 2.75) is 25.5 Å². The van der Waals surface area contributed by atoms with E-state index in [2.05, 4.69) is 4.90 Å². The zero-order valence-electron chi connectivity index (χ0n) is 10.1. The van der Waals surface area contributed by atoms with Gasteiger partial charge in [0.1, 0.15) is 0 Å². The maximum absolute atomic E-state index is 9.63. The van der Waals surface area contributed by atoms with Gasteiger partial charge in [0.15, 0.2) is 0 Å². The summed E-state index contributed by atoms with van der Waals surface area (Å²) in [6.07, 6.45) is 1.87. The lowest BCUT2D eigenvalue weighted by Gasteiger charge is -2.18. The minimum absolute atomic E-state index is 0.0669. The number of fused-ring (bicyclic) bond motifs is 1. The third-order valence-electron chi connectivity index (χ3n) is 4.13. The van der Waals surface area contributed by atoms with E-state index in [0.29, 0.717) is 21.9 Å². The van der Waals surface area contributed by atoms with Crippen LogP contribution in [-0.2, 0) is 6.54 Å². The fraction of sp³-hybridized carbons (Fsp3) is 0.571. The molecule has 1 saturated carbocycles. The average Bonchev–Trinajstić information content (AvgIpc) is 2.72. The van der Waals surface area contributed by atoms with Gasteiger partial charge in [0.05, 0.1) is 6.10 Å². The van der Waals surface area contributed by atoms with Crippen LogP contribution in [0.2, 0.25) is 10.0 Å². The summed E-state index contributed by atoms with van der Waals surface area (Å²) in [6, 6.07) is 5.73. The number of aliphatic hydroxyl groups is 1. The van der Waals surface area contributed by atoms with E-state index in [1.807, 2.05) is 12.1 Å². The highest BCUT2D eigenvalue weighted by Crippen LogP contribution is 2.38. The van der Waals surface area contributed by atoms with E-state index in [-0.39, 0.29) is 6.10 Å². The van der Waals surface area contributed by atoms with Crippen LogP contribution in [0, 0.1) is 11.8 Å². The molecule has 1 heterocycles. The van der Waals surface area contributed by atoms with Gasteiger partial charge in [-0.05, 0) is 48.4 Å². The highest BCUT2D eigenvalue weighted by Gasteiger charge is 2.39. The van der Waals surface area contributed by atoms with Gasteiger partial charge in [-0.2, -0.15) is 0 Å². The van der Waals surface area contributed by atoms with Crippen LogP contribution in [0.1, 0.15) is 18.4 Å². The Balaban J connectivity index is 1.65. The van der Waals surface area contributed by atoms with E-state index in [0.717, 1.165) is 32.5 Å². The first-order valence-corrected chi connectivity index (χ1v) is 7.21. The molecule has 2 nitrogen and oxygen atoms in total. The van der Waals surface area contributed by atoms with Crippen molar-refractivity contribution in [2.75, 3.05) is 13.1 Å². The Morgan fingerprint density at radius 3 is 2.17 bits per heavy atom. The lowest BCUT2D eigenvalue weighted by Crippen LogP contribution is -2.22. The highest BCUT2D eigenvalue weighted by molar-refractivity contribution is 6.34. The Labute approximate surface area is 117 Å². The smallest absolute Gasteiger partial charge is 0.0546 e. The number of benzene rings is 1. The van der Waals surface area contributed by atoms with E-state index >= 15 is 0 Å². The van der Waals surface area contributed by atoms with Crippen molar-refractivity contribution in [3.63, 3.8) is 0 Å². The zero-order valence-corrected chi connectivity index (χ0v) is 11.7. The Morgan fingerprint density at radius 1 is 1.06 bits per heavy atom. The summed E-state index contributed by atoms with van der Waals surface area (Å²) in [4.78, 5) is 2.45. The van der Waals surface area contributed by atoms with E-state index in [1.165, 1.54) is 5.56 Å². The van der Waals surface area contributed by atoms with Crippen LogP contribution in [0.25, 0.3) is 0 Å². The molecule has 0 spiro atoms. The minimum atomic E-state index is -0.0669. The van der Waals surface area contributed by atoms with Crippen LogP contribution in [0.5, 0.6) is 0 Å². The van der Waals surface area contributed by atoms with Gasteiger partial charge in [0.2, 0.25) is 0 Å². The van der Waals surface area contributed by atoms with Gasteiger partial charge in [0, 0.05) is 29.7 Å². The van der Waals surface area contributed by atoms with Crippen LogP contribution in [0.3, 0.4) is 0 Å². The quantitative estimate of drug-likeness (QED) is 0.902. The largest absolute Gasteiger partial charge is 0.393 e. The fourth-order valence-corrected chi connectivity index (χ4v) is 4.03. The SMILES string of the molecule is OC1C[C@@H]2CN(Cc3cc(Cl)cc(Cl)c3)C[C@@H]2C1. The fourth-order valence-electron chi connectivity index (χ4n) is 3.45. The first-order valence-electron chi connectivity index (χ1n) is 6.45. The molecule has 0 radical (unpaired) electrons. The normalized spacial score (nSPS) is 31.8. The second-order valence-electron chi connectivity index (χ2n) is 5.62. The van der Waals surface area contributed by atoms with Gasteiger partial charge in [-0.1, -0.05) is 23.2 Å². The number of rotatable bonds is 2. The molecule has 1 saturated heterocycles. The molecule has 2 aliphatic rings. The molecule has 2 fully saturated rings. The van der Waals surface area contributed by atoms with Gasteiger partial charge in [-0.15, -0.1) is 0 Å². The summed E-state index contributed by atoms with van der Waals surface area (Å²) in [5.41, 5.74) is 1.17. The van der Waals surface area contributed by atoms with E-state index < -0.39 is 0 Å². The number of hydrogen-bond donors (Lipinski definition) is 1. The molecule has 98 valence electrons. The topological polar surface area (TPSA) is 23.5 Å². The molecule has 1 aliphatic carbocycles. The van der Waals surface area contributed by atoms with Gasteiger partial charge in [0.25, 0.3) is 0 Å². The Bertz CT molecular complexity index is 417. The van der Waals surface area contributed by atoms with E-state index in [9.17, 15) is 5.11 Å². The number of halogens is 2. The summed E-state index contributed by atoms with van der Waals surface area (Å²) in [6.45, 7) is 3.08. The number of aliphatic hydroxyl groups excluding tert-OH is 1. The molecule has 1 aliphatic heterocycles. The molecule has 1 aromatic rings. The molecule has 18 heavy (non-hydrogen) atoms. The third-order valence-corrected chi connectivity index (χ3v) is 4.57. The van der Waals surface area contributed by atoms with Gasteiger partial charge >= 0.3 is 0 Å². The minimum Gasteiger partial charge on any atom is -0.393 e. The maximum Gasteiger partial charge on any atom is 0.0546 e. The van der Waals surface area contributed by atoms with Gasteiger partial charge in [-0.3, -0.25) is 4.90 Å². The lowest BCUT2D eigenvalue weighted by atomic mass is 10.0. The molecular formula is C14H17Cl2NO. The van der Waals surface area contributed by atoms with E-state index in [1.54, 1.807) is 6.07 Å². The van der Waals surface area contributed by atoms with Crippen molar-refractivity contribution in [3.05, 3.63) is 33.8 Å². The molecule has 0 amide bonds. The molecule has 4 heteroatoms. The van der Waals surface area contributed by atoms with E-state index in [4.69, 9.17) is 23.2 Å². The Hall–Kier alpha value is -0.280. The summed E-state index contributed by atoms with van der Waals surface area (Å²) >= 11 is 12.0. The molecule has 1 N–H and O–H groups in total. The predicted octanol–water partition coefficient (Wildman–Crippen LogP) is 3.20. The average molecular weight is 286 g/mol. The van der Waals surface area contributed by atoms with Crippen molar-refractivity contribution in [3.8, 4) is 0 Å². The Morgan fingerprint density at radius 2 is 1.61 bits per heavy atom. The summed E-state index contributed by atoms with van der Waals surface area (Å²) in [5, 5.41) is 11.0. The zero-order chi connectivity index (χ0) is 12.7. The molecule has 0 aromatic heterocycles. The van der Waals surface area contributed by atoms with Crippen LogP contribution >= 0.6 is 23.2 Å². The first-order chi connectivity index (χ1) is 8.60.